The van der Waals surface area contributed by atoms with Crippen LogP contribution in [0.2, 0.25) is 0 Å². The van der Waals surface area contributed by atoms with Crippen LogP contribution in [-0.4, -0.2) is 30.0 Å². The summed E-state index contributed by atoms with van der Waals surface area (Å²) in [5.41, 5.74) is 1.03. The number of rotatable bonds is 5. The number of nitro benzene ring substituents is 1. The molecular formula is C13H18N4O3. The van der Waals surface area contributed by atoms with E-state index in [1.807, 2.05) is 6.92 Å². The molecule has 1 aliphatic rings. The minimum Gasteiger partial charge on any atom is -0.380 e. The lowest BCUT2D eigenvalue weighted by Gasteiger charge is -2.24. The molecule has 0 radical (unpaired) electrons. The zero-order valence-electron chi connectivity index (χ0n) is 11.3. The third kappa shape index (κ3) is 3.17. The number of piperidine rings is 1. The molecule has 108 valence electrons. The molecule has 0 bridgehead atoms. The lowest BCUT2D eigenvalue weighted by Crippen LogP contribution is -2.41. The van der Waals surface area contributed by atoms with E-state index in [0.29, 0.717) is 37.3 Å². The number of nitrogens with one attached hydrogen (secondary N) is 3. The lowest BCUT2D eigenvalue weighted by molar-refractivity contribution is -0.383. The molecule has 20 heavy (non-hydrogen) atoms. The first-order valence-corrected chi connectivity index (χ1v) is 6.66. The number of carbonyl (C=O) groups excluding carboxylic acids is 1. The second-order valence-electron chi connectivity index (χ2n) is 4.67. The SMILES string of the molecule is CCNc1cccc(NC2CCC(=O)NC2)c1[N+](=O)[O-]. The van der Waals surface area contributed by atoms with Gasteiger partial charge in [-0.15, -0.1) is 0 Å². The van der Waals surface area contributed by atoms with Crippen LogP contribution in [0.5, 0.6) is 0 Å². The zero-order valence-corrected chi connectivity index (χ0v) is 11.3. The lowest BCUT2D eigenvalue weighted by atomic mass is 10.1. The van der Waals surface area contributed by atoms with Crippen LogP contribution in [0.1, 0.15) is 19.8 Å². The normalized spacial score (nSPS) is 18.2. The van der Waals surface area contributed by atoms with Crippen molar-refractivity contribution in [3.8, 4) is 0 Å². The highest BCUT2D eigenvalue weighted by Gasteiger charge is 2.23. The predicted octanol–water partition coefficient (Wildman–Crippen LogP) is 1.72. The Morgan fingerprint density at radius 1 is 1.45 bits per heavy atom. The average Bonchev–Trinajstić information content (AvgIpc) is 2.41. The molecule has 1 aromatic rings. The monoisotopic (exact) mass is 278 g/mol. The third-order valence-corrected chi connectivity index (χ3v) is 3.21. The summed E-state index contributed by atoms with van der Waals surface area (Å²) in [5, 5.41) is 20.2. The van der Waals surface area contributed by atoms with E-state index in [9.17, 15) is 14.9 Å². The van der Waals surface area contributed by atoms with Crippen LogP contribution in [0, 0.1) is 10.1 Å². The van der Waals surface area contributed by atoms with Crippen molar-refractivity contribution >= 4 is 23.0 Å². The maximum atomic E-state index is 11.3. The summed E-state index contributed by atoms with van der Waals surface area (Å²) in [6.07, 6.45) is 1.12. The van der Waals surface area contributed by atoms with Gasteiger partial charge in [0.25, 0.3) is 0 Å². The predicted molar refractivity (Wildman–Crippen MR) is 76.9 cm³/mol. The largest absolute Gasteiger partial charge is 0.380 e. The van der Waals surface area contributed by atoms with Gasteiger partial charge in [-0.1, -0.05) is 6.07 Å². The van der Waals surface area contributed by atoms with E-state index in [0.717, 1.165) is 0 Å². The molecule has 7 nitrogen and oxygen atoms in total. The van der Waals surface area contributed by atoms with E-state index >= 15 is 0 Å². The van der Waals surface area contributed by atoms with Gasteiger partial charge in [-0.2, -0.15) is 0 Å². The summed E-state index contributed by atoms with van der Waals surface area (Å²) >= 11 is 0. The average molecular weight is 278 g/mol. The summed E-state index contributed by atoms with van der Waals surface area (Å²) < 4.78 is 0. The van der Waals surface area contributed by atoms with Crippen molar-refractivity contribution < 1.29 is 9.72 Å². The Balaban J connectivity index is 2.20. The second-order valence-corrected chi connectivity index (χ2v) is 4.67. The fraction of sp³-hybridized carbons (Fsp3) is 0.462. The van der Waals surface area contributed by atoms with Gasteiger partial charge in [0.2, 0.25) is 5.91 Å². The van der Waals surface area contributed by atoms with E-state index in [1.54, 1.807) is 18.2 Å². The number of nitrogens with zero attached hydrogens (tertiary/aromatic N) is 1. The molecule has 1 amide bonds. The molecule has 1 aromatic carbocycles. The summed E-state index contributed by atoms with van der Waals surface area (Å²) in [5.74, 6) is 0.0268. The third-order valence-electron chi connectivity index (χ3n) is 3.21. The first-order chi connectivity index (χ1) is 9.61. The van der Waals surface area contributed by atoms with Crippen molar-refractivity contribution in [2.45, 2.75) is 25.8 Å². The summed E-state index contributed by atoms with van der Waals surface area (Å²) in [6.45, 7) is 2.99. The van der Waals surface area contributed by atoms with Gasteiger partial charge in [-0.05, 0) is 25.5 Å². The highest BCUT2D eigenvalue weighted by Crippen LogP contribution is 2.33. The molecule has 1 aliphatic heterocycles. The minimum atomic E-state index is -0.387. The fourth-order valence-electron chi connectivity index (χ4n) is 2.27. The highest BCUT2D eigenvalue weighted by atomic mass is 16.6. The number of amides is 1. The Labute approximate surface area is 116 Å². The molecule has 1 fully saturated rings. The van der Waals surface area contributed by atoms with Gasteiger partial charge in [0.05, 0.1) is 4.92 Å². The molecule has 1 heterocycles. The minimum absolute atomic E-state index is 0.0169. The number of para-hydroxylation sites is 1. The van der Waals surface area contributed by atoms with Crippen molar-refractivity contribution in [1.29, 1.82) is 0 Å². The Morgan fingerprint density at radius 2 is 2.20 bits per heavy atom. The first kappa shape index (κ1) is 14.1. The molecule has 3 N–H and O–H groups in total. The fourth-order valence-corrected chi connectivity index (χ4v) is 2.27. The number of hydrogen-bond donors (Lipinski definition) is 3. The molecule has 1 atom stereocenters. The van der Waals surface area contributed by atoms with E-state index in [4.69, 9.17) is 0 Å². The summed E-state index contributed by atoms with van der Waals surface area (Å²) in [7, 11) is 0. The van der Waals surface area contributed by atoms with Crippen molar-refractivity contribution in [2.75, 3.05) is 23.7 Å². The van der Waals surface area contributed by atoms with Crippen molar-refractivity contribution in [1.82, 2.24) is 5.32 Å². The Bertz CT molecular complexity index is 508. The van der Waals surface area contributed by atoms with Crippen LogP contribution in [0.3, 0.4) is 0 Å². The molecule has 0 saturated carbocycles. The van der Waals surface area contributed by atoms with Gasteiger partial charge in [0.15, 0.2) is 0 Å². The van der Waals surface area contributed by atoms with Gasteiger partial charge in [-0.3, -0.25) is 14.9 Å². The van der Waals surface area contributed by atoms with E-state index in [-0.39, 0.29) is 22.6 Å². The molecule has 0 spiro atoms. The van der Waals surface area contributed by atoms with Crippen molar-refractivity contribution in [2.24, 2.45) is 0 Å². The quantitative estimate of drug-likeness (QED) is 0.563. The molecule has 7 heteroatoms. The summed E-state index contributed by atoms with van der Waals surface area (Å²) in [6, 6.07) is 5.17. The number of carbonyl (C=O) groups is 1. The maximum absolute atomic E-state index is 11.3. The zero-order chi connectivity index (χ0) is 14.5. The number of benzene rings is 1. The molecule has 1 unspecified atom stereocenters. The Hall–Kier alpha value is -2.31. The van der Waals surface area contributed by atoms with E-state index in [1.165, 1.54) is 0 Å². The van der Waals surface area contributed by atoms with Crippen LogP contribution in [0.4, 0.5) is 17.1 Å². The maximum Gasteiger partial charge on any atom is 0.315 e. The van der Waals surface area contributed by atoms with Gasteiger partial charge in [0, 0.05) is 25.6 Å². The Morgan fingerprint density at radius 3 is 2.80 bits per heavy atom. The van der Waals surface area contributed by atoms with Gasteiger partial charge in [-0.25, -0.2) is 0 Å². The molecule has 2 rings (SSSR count). The molecule has 0 aliphatic carbocycles. The number of hydrogen-bond acceptors (Lipinski definition) is 5. The smallest absolute Gasteiger partial charge is 0.315 e. The van der Waals surface area contributed by atoms with Crippen LogP contribution < -0.4 is 16.0 Å². The number of anilines is 2. The van der Waals surface area contributed by atoms with Crippen LogP contribution in [0.25, 0.3) is 0 Å². The Kier molecular flexibility index (Phi) is 4.39. The first-order valence-electron chi connectivity index (χ1n) is 6.66. The van der Waals surface area contributed by atoms with E-state index < -0.39 is 0 Å². The van der Waals surface area contributed by atoms with Crippen LogP contribution >= 0.6 is 0 Å². The highest BCUT2D eigenvalue weighted by molar-refractivity contribution is 5.78. The standard InChI is InChI=1S/C13H18N4O3/c1-2-14-10-4-3-5-11(13(10)17(19)20)16-9-6-7-12(18)15-8-9/h3-5,9,14,16H,2,6-8H2,1H3,(H,15,18). The topological polar surface area (TPSA) is 96.3 Å². The van der Waals surface area contributed by atoms with Gasteiger partial charge in [0.1, 0.15) is 11.4 Å². The van der Waals surface area contributed by atoms with Crippen LogP contribution in [-0.2, 0) is 4.79 Å². The van der Waals surface area contributed by atoms with Crippen LogP contribution in [0.15, 0.2) is 18.2 Å². The van der Waals surface area contributed by atoms with Gasteiger partial charge < -0.3 is 16.0 Å². The van der Waals surface area contributed by atoms with Crippen molar-refractivity contribution in [3.05, 3.63) is 28.3 Å². The number of nitro groups is 1. The summed E-state index contributed by atoms with van der Waals surface area (Å²) in [4.78, 5) is 22.0. The molecule has 1 saturated heterocycles. The second kappa shape index (κ2) is 6.23. The molecular weight excluding hydrogens is 260 g/mol. The molecule has 0 aromatic heterocycles. The van der Waals surface area contributed by atoms with Crippen molar-refractivity contribution in [3.63, 3.8) is 0 Å². The van der Waals surface area contributed by atoms with Gasteiger partial charge >= 0.3 is 5.69 Å². The van der Waals surface area contributed by atoms with E-state index in [2.05, 4.69) is 16.0 Å².